The predicted octanol–water partition coefficient (Wildman–Crippen LogP) is 4.52. The number of esters is 1. The van der Waals surface area contributed by atoms with Crippen molar-refractivity contribution in [1.82, 2.24) is 0 Å². The predicted molar refractivity (Wildman–Crippen MR) is 75.7 cm³/mol. The molecule has 2 nitrogen and oxygen atoms in total. The van der Waals surface area contributed by atoms with E-state index in [1.807, 2.05) is 0 Å². The largest absolute Gasteiger partial charge is 0.469 e. The van der Waals surface area contributed by atoms with Gasteiger partial charge in [0.2, 0.25) is 0 Å². The molecular weight excluding hydrogens is 335 g/mol. The normalized spacial score (nSPS) is 17.5. The van der Waals surface area contributed by atoms with Gasteiger partial charge in [0.15, 0.2) is 5.82 Å². The van der Waals surface area contributed by atoms with Gasteiger partial charge in [-0.2, -0.15) is 0 Å². The highest BCUT2D eigenvalue weighted by Crippen LogP contribution is 2.43. The molecule has 1 fully saturated rings. The standard InChI is InChI=1S/C14H15BrClFO2/c1-19-13(18)14(6-2-3-7-14)8-9-4-5-10(16)12(17)11(9)15/h4-5H,2-3,6-8H2,1H3. The molecule has 104 valence electrons. The second-order valence-corrected chi connectivity index (χ2v) is 6.19. The smallest absolute Gasteiger partial charge is 0.312 e. The highest BCUT2D eigenvalue weighted by molar-refractivity contribution is 9.10. The van der Waals surface area contributed by atoms with E-state index in [2.05, 4.69) is 15.9 Å². The van der Waals surface area contributed by atoms with E-state index in [1.54, 1.807) is 6.07 Å². The summed E-state index contributed by atoms with van der Waals surface area (Å²) in [5.41, 5.74) is 0.242. The Morgan fingerprint density at radius 3 is 2.68 bits per heavy atom. The molecule has 0 bridgehead atoms. The number of carbonyl (C=O) groups excluding carboxylic acids is 1. The minimum Gasteiger partial charge on any atom is -0.469 e. The molecule has 0 saturated heterocycles. The highest BCUT2D eigenvalue weighted by atomic mass is 79.9. The Kier molecular flexibility index (Phi) is 4.51. The van der Waals surface area contributed by atoms with Crippen LogP contribution in [0.5, 0.6) is 0 Å². The number of hydrogen-bond acceptors (Lipinski definition) is 2. The van der Waals surface area contributed by atoms with Crippen LogP contribution >= 0.6 is 27.5 Å². The summed E-state index contributed by atoms with van der Waals surface area (Å²) in [5, 5.41) is 0.0779. The molecule has 5 heteroatoms. The molecule has 1 aromatic rings. The lowest BCUT2D eigenvalue weighted by Gasteiger charge is -2.26. The fourth-order valence-corrected chi connectivity index (χ4v) is 3.55. The number of hydrogen-bond donors (Lipinski definition) is 0. The summed E-state index contributed by atoms with van der Waals surface area (Å²) in [6.07, 6.45) is 4.06. The van der Waals surface area contributed by atoms with Gasteiger partial charge in [0.1, 0.15) is 0 Å². The summed E-state index contributed by atoms with van der Waals surface area (Å²) >= 11 is 8.95. The lowest BCUT2D eigenvalue weighted by atomic mass is 9.80. The van der Waals surface area contributed by atoms with E-state index in [1.165, 1.54) is 13.2 Å². The number of methoxy groups -OCH3 is 1. The maximum Gasteiger partial charge on any atom is 0.312 e. The van der Waals surface area contributed by atoms with Crippen molar-refractivity contribution < 1.29 is 13.9 Å². The van der Waals surface area contributed by atoms with E-state index >= 15 is 0 Å². The quantitative estimate of drug-likeness (QED) is 0.592. The van der Waals surface area contributed by atoms with Crippen LogP contribution in [0, 0.1) is 11.2 Å². The number of ether oxygens (including phenoxy) is 1. The third-order valence-corrected chi connectivity index (χ3v) is 4.97. The van der Waals surface area contributed by atoms with Crippen LogP contribution in [0.1, 0.15) is 31.2 Å². The van der Waals surface area contributed by atoms with Crippen molar-refractivity contribution in [3.05, 3.63) is 33.0 Å². The van der Waals surface area contributed by atoms with Crippen LogP contribution in [0.4, 0.5) is 4.39 Å². The Labute approximate surface area is 125 Å². The third kappa shape index (κ3) is 2.79. The van der Waals surface area contributed by atoms with E-state index in [-0.39, 0.29) is 11.0 Å². The van der Waals surface area contributed by atoms with Crippen LogP contribution in [-0.4, -0.2) is 13.1 Å². The van der Waals surface area contributed by atoms with Crippen molar-refractivity contribution in [2.45, 2.75) is 32.1 Å². The molecule has 2 rings (SSSR count). The molecule has 0 radical (unpaired) electrons. The number of benzene rings is 1. The zero-order chi connectivity index (χ0) is 14.0. The molecule has 0 N–H and O–H groups in total. The van der Waals surface area contributed by atoms with Gasteiger partial charge < -0.3 is 4.74 Å². The van der Waals surface area contributed by atoms with E-state index in [0.29, 0.717) is 10.9 Å². The Morgan fingerprint density at radius 2 is 2.11 bits per heavy atom. The van der Waals surface area contributed by atoms with Crippen LogP contribution in [-0.2, 0) is 16.0 Å². The Hall–Kier alpha value is -0.610. The Bertz CT molecular complexity index is 498. The third-order valence-electron chi connectivity index (χ3n) is 3.82. The van der Waals surface area contributed by atoms with Gasteiger partial charge in [0, 0.05) is 0 Å². The Morgan fingerprint density at radius 1 is 1.47 bits per heavy atom. The summed E-state index contributed by atoms with van der Waals surface area (Å²) in [7, 11) is 1.40. The maximum atomic E-state index is 13.8. The van der Waals surface area contributed by atoms with Crippen molar-refractivity contribution in [2.24, 2.45) is 5.41 Å². The molecule has 1 saturated carbocycles. The van der Waals surface area contributed by atoms with Gasteiger partial charge >= 0.3 is 5.97 Å². The molecule has 0 aromatic heterocycles. The van der Waals surface area contributed by atoms with Gasteiger partial charge in [-0.15, -0.1) is 0 Å². The van der Waals surface area contributed by atoms with E-state index in [0.717, 1.165) is 31.2 Å². The zero-order valence-corrected chi connectivity index (χ0v) is 13.0. The first kappa shape index (κ1) is 14.8. The minimum absolute atomic E-state index is 0.0779. The average Bonchev–Trinajstić information content (AvgIpc) is 2.88. The van der Waals surface area contributed by atoms with E-state index in [9.17, 15) is 9.18 Å². The zero-order valence-electron chi connectivity index (χ0n) is 10.6. The highest BCUT2D eigenvalue weighted by Gasteiger charge is 2.42. The van der Waals surface area contributed by atoms with Crippen LogP contribution in [0.15, 0.2) is 16.6 Å². The molecule has 0 atom stereocenters. The van der Waals surface area contributed by atoms with Crippen molar-refractivity contribution in [3.63, 3.8) is 0 Å². The fourth-order valence-electron chi connectivity index (χ4n) is 2.79. The summed E-state index contributed by atoms with van der Waals surface area (Å²) in [6, 6.07) is 3.29. The number of carbonyl (C=O) groups is 1. The molecule has 1 aliphatic rings. The topological polar surface area (TPSA) is 26.3 Å². The molecule has 1 aliphatic carbocycles. The van der Waals surface area contributed by atoms with Crippen molar-refractivity contribution in [3.8, 4) is 0 Å². The van der Waals surface area contributed by atoms with Crippen LogP contribution in [0.25, 0.3) is 0 Å². The summed E-state index contributed by atoms with van der Waals surface area (Å²) in [5.74, 6) is -0.676. The van der Waals surface area contributed by atoms with Gasteiger partial charge in [0.05, 0.1) is 22.0 Å². The Balaban J connectivity index is 2.33. The summed E-state index contributed by atoms with van der Waals surface area (Å²) in [4.78, 5) is 12.0. The second kappa shape index (κ2) is 5.80. The lowest BCUT2D eigenvalue weighted by molar-refractivity contribution is -0.152. The van der Waals surface area contributed by atoms with Crippen molar-refractivity contribution in [1.29, 1.82) is 0 Å². The molecule has 0 aliphatic heterocycles. The monoisotopic (exact) mass is 348 g/mol. The summed E-state index contributed by atoms with van der Waals surface area (Å²) in [6.45, 7) is 0. The van der Waals surface area contributed by atoms with Gasteiger partial charge in [0.25, 0.3) is 0 Å². The minimum atomic E-state index is -0.516. The number of rotatable bonds is 3. The van der Waals surface area contributed by atoms with Crippen LogP contribution in [0.3, 0.4) is 0 Å². The molecule has 0 amide bonds. The fraction of sp³-hybridized carbons (Fsp3) is 0.500. The first-order chi connectivity index (χ1) is 9.00. The molecule has 1 aromatic carbocycles. The van der Waals surface area contributed by atoms with Crippen molar-refractivity contribution in [2.75, 3.05) is 7.11 Å². The number of halogens is 3. The van der Waals surface area contributed by atoms with E-state index < -0.39 is 11.2 Å². The van der Waals surface area contributed by atoms with Crippen LogP contribution < -0.4 is 0 Å². The average molecular weight is 350 g/mol. The lowest BCUT2D eigenvalue weighted by Crippen LogP contribution is -2.31. The second-order valence-electron chi connectivity index (χ2n) is 4.99. The first-order valence-electron chi connectivity index (χ1n) is 6.21. The molecule has 0 unspecified atom stereocenters. The molecule has 0 heterocycles. The van der Waals surface area contributed by atoms with Crippen LogP contribution in [0.2, 0.25) is 5.02 Å². The summed E-state index contributed by atoms with van der Waals surface area (Å²) < 4.78 is 19.1. The maximum absolute atomic E-state index is 13.8. The van der Waals surface area contributed by atoms with Gasteiger partial charge in [-0.05, 0) is 46.8 Å². The molecule has 19 heavy (non-hydrogen) atoms. The van der Waals surface area contributed by atoms with E-state index in [4.69, 9.17) is 16.3 Å². The van der Waals surface area contributed by atoms with Crippen molar-refractivity contribution >= 4 is 33.5 Å². The SMILES string of the molecule is COC(=O)C1(Cc2ccc(Cl)c(F)c2Br)CCCC1. The van der Waals surface area contributed by atoms with Gasteiger partial charge in [-0.1, -0.05) is 30.5 Å². The van der Waals surface area contributed by atoms with Gasteiger partial charge in [-0.25, -0.2) is 4.39 Å². The molecular formula is C14H15BrClFO2. The molecule has 0 spiro atoms. The van der Waals surface area contributed by atoms with Gasteiger partial charge in [-0.3, -0.25) is 4.79 Å². The first-order valence-corrected chi connectivity index (χ1v) is 7.38.